The number of hydrogen-bond acceptors (Lipinski definition) is 7. The van der Waals surface area contributed by atoms with Crippen molar-refractivity contribution in [2.75, 3.05) is 58.4 Å². The zero-order chi connectivity index (χ0) is 27.1. The van der Waals surface area contributed by atoms with Crippen LogP contribution >= 0.6 is 0 Å². The number of anilines is 1. The molecule has 198 valence electrons. The number of carbonyl (C=O) groups is 2. The van der Waals surface area contributed by atoms with E-state index in [4.69, 9.17) is 9.47 Å². The third kappa shape index (κ3) is 6.08. The van der Waals surface area contributed by atoms with Crippen molar-refractivity contribution in [3.63, 3.8) is 0 Å². The number of methoxy groups -OCH3 is 2. The molecule has 0 radical (unpaired) electrons. The first-order valence-corrected chi connectivity index (χ1v) is 12.2. The Bertz CT molecular complexity index is 1290. The number of rotatable bonds is 9. The Morgan fingerprint density at radius 2 is 1.82 bits per heavy atom. The molecule has 4 rings (SSSR count). The lowest BCUT2D eigenvalue weighted by Crippen LogP contribution is -2.52. The molecule has 0 aliphatic carbocycles. The molecule has 3 aromatic rings. The highest BCUT2D eigenvalue weighted by molar-refractivity contribution is 5.96. The first-order valence-electron chi connectivity index (χ1n) is 12.2. The maximum atomic E-state index is 13.6. The Balaban J connectivity index is 1.36. The molecular formula is C28H30FN5O4. The Morgan fingerprint density at radius 1 is 1.03 bits per heavy atom. The van der Waals surface area contributed by atoms with E-state index in [2.05, 4.69) is 21.7 Å². The van der Waals surface area contributed by atoms with Crippen molar-refractivity contribution in [1.29, 1.82) is 0 Å². The van der Waals surface area contributed by atoms with Gasteiger partial charge >= 0.3 is 0 Å². The van der Waals surface area contributed by atoms with Crippen LogP contribution in [0.4, 0.5) is 10.2 Å². The van der Waals surface area contributed by atoms with E-state index < -0.39 is 11.7 Å². The van der Waals surface area contributed by atoms with Crippen LogP contribution in [0.15, 0.2) is 67.3 Å². The summed E-state index contributed by atoms with van der Waals surface area (Å²) in [5, 5.41) is 8.78. The number of piperazine rings is 1. The summed E-state index contributed by atoms with van der Waals surface area (Å²) in [4.78, 5) is 31.0. The van der Waals surface area contributed by atoms with Crippen LogP contribution in [0.25, 0.3) is 11.3 Å². The number of ether oxygens (including phenoxy) is 2. The van der Waals surface area contributed by atoms with Crippen LogP contribution < -0.4 is 14.4 Å². The summed E-state index contributed by atoms with van der Waals surface area (Å²) in [7, 11) is 3.19. The molecule has 2 amide bonds. The lowest BCUT2D eigenvalue weighted by atomic mass is 10.1. The molecule has 1 saturated heterocycles. The van der Waals surface area contributed by atoms with E-state index in [1.807, 2.05) is 24.3 Å². The van der Waals surface area contributed by atoms with Gasteiger partial charge in [-0.25, -0.2) is 4.39 Å². The molecule has 1 aliphatic heterocycles. The first-order chi connectivity index (χ1) is 18.4. The largest absolute Gasteiger partial charge is 0.497 e. The van der Waals surface area contributed by atoms with Gasteiger partial charge in [0.15, 0.2) is 5.82 Å². The maximum absolute atomic E-state index is 13.6. The van der Waals surface area contributed by atoms with Crippen LogP contribution in [0.3, 0.4) is 0 Å². The van der Waals surface area contributed by atoms with Gasteiger partial charge in [-0.2, -0.15) is 0 Å². The average molecular weight is 520 g/mol. The fourth-order valence-electron chi connectivity index (χ4n) is 4.28. The second-order valence-corrected chi connectivity index (χ2v) is 8.70. The predicted octanol–water partition coefficient (Wildman–Crippen LogP) is 3.28. The molecule has 9 nitrogen and oxygen atoms in total. The van der Waals surface area contributed by atoms with Gasteiger partial charge in [-0.1, -0.05) is 12.1 Å². The van der Waals surface area contributed by atoms with E-state index in [9.17, 15) is 14.0 Å². The van der Waals surface area contributed by atoms with Gasteiger partial charge < -0.3 is 24.2 Å². The van der Waals surface area contributed by atoms with Gasteiger partial charge in [-0.05, 0) is 42.5 Å². The second kappa shape index (κ2) is 12.2. The smallest absolute Gasteiger partial charge is 0.254 e. The van der Waals surface area contributed by atoms with Crippen LogP contribution in [0.2, 0.25) is 0 Å². The van der Waals surface area contributed by atoms with E-state index in [1.165, 1.54) is 29.2 Å². The SMILES string of the molecule is C=CCN(CC(=O)N1CCN(c2ccc(-c3ccc(OC)cc3OC)nn2)CC1)C(=O)c1cccc(F)c1. The van der Waals surface area contributed by atoms with Crippen LogP contribution in [0, 0.1) is 5.82 Å². The minimum atomic E-state index is -0.504. The highest BCUT2D eigenvalue weighted by Crippen LogP contribution is 2.32. The average Bonchev–Trinajstić information content (AvgIpc) is 2.96. The Kier molecular flexibility index (Phi) is 8.52. The van der Waals surface area contributed by atoms with E-state index in [1.54, 1.807) is 31.3 Å². The van der Waals surface area contributed by atoms with E-state index in [-0.39, 0.29) is 24.6 Å². The van der Waals surface area contributed by atoms with E-state index in [0.717, 1.165) is 5.56 Å². The van der Waals surface area contributed by atoms with Gasteiger partial charge in [0, 0.05) is 49.9 Å². The minimum absolute atomic E-state index is 0.112. The number of halogens is 1. The molecule has 38 heavy (non-hydrogen) atoms. The van der Waals surface area contributed by atoms with Gasteiger partial charge in [0.05, 0.1) is 19.9 Å². The molecule has 0 saturated carbocycles. The van der Waals surface area contributed by atoms with Crippen LogP contribution in [0.1, 0.15) is 10.4 Å². The maximum Gasteiger partial charge on any atom is 0.254 e. The molecule has 0 atom stereocenters. The summed E-state index contributed by atoms with van der Waals surface area (Å²) in [6, 6.07) is 14.7. The minimum Gasteiger partial charge on any atom is -0.497 e. The van der Waals surface area contributed by atoms with Crippen molar-refractivity contribution in [2.45, 2.75) is 0 Å². The zero-order valence-corrected chi connectivity index (χ0v) is 21.5. The lowest BCUT2D eigenvalue weighted by Gasteiger charge is -2.36. The Hall–Kier alpha value is -4.47. The summed E-state index contributed by atoms with van der Waals surface area (Å²) < 4.78 is 24.3. The van der Waals surface area contributed by atoms with Crippen molar-refractivity contribution < 1.29 is 23.5 Å². The van der Waals surface area contributed by atoms with Crippen molar-refractivity contribution >= 4 is 17.6 Å². The molecular weight excluding hydrogens is 489 g/mol. The summed E-state index contributed by atoms with van der Waals surface area (Å²) in [6.45, 7) is 5.85. The Morgan fingerprint density at radius 3 is 2.45 bits per heavy atom. The van der Waals surface area contributed by atoms with Gasteiger partial charge in [-0.3, -0.25) is 9.59 Å². The fourth-order valence-corrected chi connectivity index (χ4v) is 4.28. The summed E-state index contributed by atoms with van der Waals surface area (Å²) in [5.74, 6) is 0.942. The molecule has 1 aromatic heterocycles. The molecule has 2 aromatic carbocycles. The molecule has 0 N–H and O–H groups in total. The molecule has 0 bridgehead atoms. The number of nitrogens with zero attached hydrogens (tertiary/aromatic N) is 5. The van der Waals surface area contributed by atoms with Gasteiger partial charge in [0.1, 0.15) is 23.9 Å². The van der Waals surface area contributed by atoms with Crippen molar-refractivity contribution in [3.05, 3.63) is 78.6 Å². The highest BCUT2D eigenvalue weighted by atomic mass is 19.1. The molecule has 0 spiro atoms. The monoisotopic (exact) mass is 519 g/mol. The summed E-state index contributed by atoms with van der Waals surface area (Å²) >= 11 is 0. The fraction of sp³-hybridized carbons (Fsp3) is 0.286. The number of hydrogen-bond donors (Lipinski definition) is 0. The predicted molar refractivity (Wildman–Crippen MR) is 142 cm³/mol. The van der Waals surface area contributed by atoms with Crippen molar-refractivity contribution in [2.24, 2.45) is 0 Å². The molecule has 1 fully saturated rings. The topological polar surface area (TPSA) is 88.1 Å². The molecule has 1 aliphatic rings. The van der Waals surface area contributed by atoms with Gasteiger partial charge in [-0.15, -0.1) is 16.8 Å². The third-order valence-corrected chi connectivity index (χ3v) is 6.33. The quantitative estimate of drug-likeness (QED) is 0.401. The number of aromatic nitrogens is 2. The van der Waals surface area contributed by atoms with Crippen LogP contribution in [-0.2, 0) is 4.79 Å². The second-order valence-electron chi connectivity index (χ2n) is 8.70. The van der Waals surface area contributed by atoms with Gasteiger partial charge in [0.25, 0.3) is 5.91 Å². The molecule has 10 heteroatoms. The van der Waals surface area contributed by atoms with Crippen molar-refractivity contribution in [3.8, 4) is 22.8 Å². The third-order valence-electron chi connectivity index (χ3n) is 6.33. The van der Waals surface area contributed by atoms with E-state index >= 15 is 0 Å². The number of benzene rings is 2. The van der Waals surface area contributed by atoms with E-state index in [0.29, 0.717) is 49.2 Å². The summed E-state index contributed by atoms with van der Waals surface area (Å²) in [5.41, 5.74) is 1.67. The first kappa shape index (κ1) is 26.6. The molecule has 0 unspecified atom stereocenters. The standard InChI is InChI=1S/C28H30FN5O4/c1-4-12-34(28(36)20-6-5-7-21(29)17-20)19-27(35)33-15-13-32(14-16-33)26-11-10-24(30-31-26)23-9-8-22(37-2)18-25(23)38-3/h4-11,17-18H,1,12-16,19H2,2-3H3. The van der Waals surface area contributed by atoms with Gasteiger partial charge in [0.2, 0.25) is 5.91 Å². The van der Waals surface area contributed by atoms with Crippen LogP contribution in [0.5, 0.6) is 11.5 Å². The number of carbonyl (C=O) groups excluding carboxylic acids is 2. The Labute approximate surface area is 221 Å². The number of amides is 2. The normalized spacial score (nSPS) is 13.1. The zero-order valence-electron chi connectivity index (χ0n) is 21.5. The highest BCUT2D eigenvalue weighted by Gasteiger charge is 2.26. The van der Waals surface area contributed by atoms with Crippen LogP contribution in [-0.4, -0.2) is 85.3 Å². The van der Waals surface area contributed by atoms with Crippen molar-refractivity contribution in [1.82, 2.24) is 20.0 Å². The molecule has 2 heterocycles. The summed E-state index contributed by atoms with van der Waals surface area (Å²) in [6.07, 6.45) is 1.55. The lowest BCUT2D eigenvalue weighted by molar-refractivity contribution is -0.132.